The van der Waals surface area contributed by atoms with E-state index in [9.17, 15) is 8.78 Å². The molecule has 1 saturated carbocycles. The van der Waals surface area contributed by atoms with Gasteiger partial charge >= 0.3 is 0 Å². The number of methoxy groups -OCH3 is 1. The summed E-state index contributed by atoms with van der Waals surface area (Å²) in [6, 6.07) is 0.801. The molecule has 0 bridgehead atoms. The van der Waals surface area contributed by atoms with Crippen LogP contribution in [-0.4, -0.2) is 22.8 Å². The Labute approximate surface area is 67.9 Å². The van der Waals surface area contributed by atoms with Crippen LogP contribution in [0.2, 0.25) is 0 Å². The monoisotopic (exact) mass is 174 g/mol. The van der Waals surface area contributed by atoms with E-state index < -0.39 is 12.0 Å². The lowest BCUT2D eigenvalue weighted by Crippen LogP contribution is -2.02. The number of alkyl halides is 2. The molecule has 1 aromatic heterocycles. The summed E-state index contributed by atoms with van der Waals surface area (Å²) in [6.45, 7) is 0. The van der Waals surface area contributed by atoms with Crippen molar-refractivity contribution in [1.29, 1.82) is 0 Å². The zero-order valence-corrected chi connectivity index (χ0v) is 6.50. The van der Waals surface area contributed by atoms with Gasteiger partial charge in [-0.3, -0.25) is 4.68 Å². The molecule has 0 aliphatic heterocycles. The number of aromatic nitrogens is 2. The van der Waals surface area contributed by atoms with E-state index in [1.165, 1.54) is 18.0 Å². The zero-order valence-electron chi connectivity index (χ0n) is 6.50. The lowest BCUT2D eigenvalue weighted by atomic mass is 10.6. The summed E-state index contributed by atoms with van der Waals surface area (Å²) in [5, 5.41) is 3.80. The summed E-state index contributed by atoms with van der Waals surface area (Å²) in [4.78, 5) is 0. The summed E-state index contributed by atoms with van der Waals surface area (Å²) in [5.74, 6) is -2.20. The van der Waals surface area contributed by atoms with Gasteiger partial charge in [0.05, 0.1) is 7.11 Å². The molecular weight excluding hydrogens is 166 g/mol. The maximum Gasteiger partial charge on any atom is 0.272 e. The Bertz CT molecular complexity index is 297. The molecule has 0 aromatic carbocycles. The van der Waals surface area contributed by atoms with Crippen molar-refractivity contribution in [3.05, 3.63) is 12.3 Å². The normalized spacial score (nSPS) is 25.4. The van der Waals surface area contributed by atoms with Crippen molar-refractivity contribution in [1.82, 2.24) is 9.78 Å². The fourth-order valence-corrected chi connectivity index (χ4v) is 1.09. The molecule has 5 heteroatoms. The standard InChI is InChI=1S/C7H8F2N2O/c1-12-6-2-3-11(10-6)5-4-7(5,8)9/h2-3,5H,4H2,1H3. The largest absolute Gasteiger partial charge is 0.480 e. The van der Waals surface area contributed by atoms with Crippen molar-refractivity contribution < 1.29 is 13.5 Å². The maximum atomic E-state index is 12.5. The molecule has 0 N–H and O–H groups in total. The summed E-state index contributed by atoms with van der Waals surface area (Å²) < 4.78 is 31.0. The number of hydrogen-bond acceptors (Lipinski definition) is 2. The third kappa shape index (κ3) is 1.05. The summed E-state index contributed by atoms with van der Waals surface area (Å²) in [7, 11) is 1.46. The third-order valence-electron chi connectivity index (χ3n) is 1.91. The molecule has 0 amide bonds. The van der Waals surface area contributed by atoms with Crippen LogP contribution in [0, 0.1) is 0 Å². The molecular formula is C7H8F2N2O. The first-order valence-electron chi connectivity index (χ1n) is 3.60. The van der Waals surface area contributed by atoms with Gasteiger partial charge in [0.15, 0.2) is 0 Å². The summed E-state index contributed by atoms with van der Waals surface area (Å²) >= 11 is 0. The first kappa shape index (κ1) is 7.52. The number of ether oxygens (including phenoxy) is 1. The fraction of sp³-hybridized carbons (Fsp3) is 0.571. The van der Waals surface area contributed by atoms with Crippen molar-refractivity contribution in [2.75, 3.05) is 7.11 Å². The number of hydrogen-bond donors (Lipinski definition) is 0. The average molecular weight is 174 g/mol. The van der Waals surface area contributed by atoms with Gasteiger partial charge in [-0.05, 0) is 0 Å². The predicted octanol–water partition coefficient (Wildman–Crippen LogP) is 1.47. The molecule has 0 radical (unpaired) electrons. The topological polar surface area (TPSA) is 27.1 Å². The van der Waals surface area contributed by atoms with E-state index in [-0.39, 0.29) is 6.42 Å². The Morgan fingerprint density at radius 1 is 1.75 bits per heavy atom. The quantitative estimate of drug-likeness (QED) is 0.678. The van der Waals surface area contributed by atoms with E-state index in [1.807, 2.05) is 0 Å². The Balaban J connectivity index is 2.15. The molecule has 1 fully saturated rings. The molecule has 1 atom stereocenters. The summed E-state index contributed by atoms with van der Waals surface area (Å²) in [5.41, 5.74) is 0. The van der Waals surface area contributed by atoms with Crippen molar-refractivity contribution in [2.24, 2.45) is 0 Å². The Morgan fingerprint density at radius 3 is 2.83 bits per heavy atom. The molecule has 3 nitrogen and oxygen atoms in total. The van der Waals surface area contributed by atoms with Crippen LogP contribution in [0.4, 0.5) is 8.78 Å². The van der Waals surface area contributed by atoms with E-state index in [1.54, 1.807) is 6.07 Å². The smallest absolute Gasteiger partial charge is 0.272 e. The molecule has 12 heavy (non-hydrogen) atoms. The maximum absolute atomic E-state index is 12.5. The van der Waals surface area contributed by atoms with Crippen LogP contribution < -0.4 is 4.74 Å². The molecule has 1 aliphatic rings. The molecule has 1 heterocycles. The Morgan fingerprint density at radius 2 is 2.42 bits per heavy atom. The van der Waals surface area contributed by atoms with E-state index in [2.05, 4.69) is 5.10 Å². The molecule has 1 unspecified atom stereocenters. The zero-order chi connectivity index (χ0) is 8.77. The van der Waals surface area contributed by atoms with Crippen molar-refractivity contribution >= 4 is 0 Å². The second kappa shape index (κ2) is 2.18. The van der Waals surface area contributed by atoms with Crippen LogP contribution in [-0.2, 0) is 0 Å². The van der Waals surface area contributed by atoms with Gasteiger partial charge in [-0.2, -0.15) is 0 Å². The van der Waals surface area contributed by atoms with Gasteiger partial charge in [0.25, 0.3) is 5.92 Å². The van der Waals surface area contributed by atoms with Gasteiger partial charge in [-0.15, -0.1) is 5.10 Å². The van der Waals surface area contributed by atoms with Crippen molar-refractivity contribution in [3.8, 4) is 5.88 Å². The molecule has 0 saturated heterocycles. The van der Waals surface area contributed by atoms with E-state index in [4.69, 9.17) is 4.74 Å². The highest BCUT2D eigenvalue weighted by Crippen LogP contribution is 2.52. The molecule has 2 rings (SSSR count). The molecule has 0 spiro atoms. The highest BCUT2D eigenvalue weighted by molar-refractivity contribution is 5.10. The van der Waals surface area contributed by atoms with Crippen LogP contribution in [0.3, 0.4) is 0 Å². The molecule has 1 aromatic rings. The SMILES string of the molecule is COc1ccn(C2CC2(F)F)n1. The van der Waals surface area contributed by atoms with Crippen LogP contribution >= 0.6 is 0 Å². The second-order valence-corrected chi connectivity index (χ2v) is 2.82. The molecule has 1 aliphatic carbocycles. The van der Waals surface area contributed by atoms with Crippen LogP contribution in [0.25, 0.3) is 0 Å². The minimum Gasteiger partial charge on any atom is -0.480 e. The highest BCUT2D eigenvalue weighted by atomic mass is 19.3. The Kier molecular flexibility index (Phi) is 1.37. The minimum absolute atomic E-state index is 0.113. The van der Waals surface area contributed by atoms with Gasteiger partial charge in [-0.1, -0.05) is 0 Å². The van der Waals surface area contributed by atoms with Crippen LogP contribution in [0.1, 0.15) is 12.5 Å². The van der Waals surface area contributed by atoms with Gasteiger partial charge in [-0.25, -0.2) is 8.78 Å². The van der Waals surface area contributed by atoms with E-state index in [0.717, 1.165) is 0 Å². The minimum atomic E-state index is -2.57. The van der Waals surface area contributed by atoms with Gasteiger partial charge < -0.3 is 4.74 Å². The second-order valence-electron chi connectivity index (χ2n) is 2.82. The van der Waals surface area contributed by atoms with Gasteiger partial charge in [0, 0.05) is 18.7 Å². The first-order chi connectivity index (χ1) is 5.63. The van der Waals surface area contributed by atoms with Gasteiger partial charge in [0.2, 0.25) is 5.88 Å². The van der Waals surface area contributed by atoms with Crippen molar-refractivity contribution in [2.45, 2.75) is 18.4 Å². The van der Waals surface area contributed by atoms with Gasteiger partial charge in [0.1, 0.15) is 6.04 Å². The first-order valence-corrected chi connectivity index (χ1v) is 3.60. The number of halogens is 2. The van der Waals surface area contributed by atoms with Crippen LogP contribution in [0.5, 0.6) is 5.88 Å². The predicted molar refractivity (Wildman–Crippen MR) is 37.4 cm³/mol. The van der Waals surface area contributed by atoms with E-state index >= 15 is 0 Å². The highest BCUT2D eigenvalue weighted by Gasteiger charge is 2.59. The fourth-order valence-electron chi connectivity index (χ4n) is 1.09. The lowest BCUT2D eigenvalue weighted by molar-refractivity contribution is 0.0981. The van der Waals surface area contributed by atoms with Crippen LogP contribution in [0.15, 0.2) is 12.3 Å². The third-order valence-corrected chi connectivity index (χ3v) is 1.91. The summed E-state index contributed by atoms with van der Waals surface area (Å²) in [6.07, 6.45) is 1.39. The number of rotatable bonds is 2. The Hall–Kier alpha value is -1.13. The number of nitrogens with zero attached hydrogens (tertiary/aromatic N) is 2. The lowest BCUT2D eigenvalue weighted by Gasteiger charge is -1.97. The van der Waals surface area contributed by atoms with E-state index in [0.29, 0.717) is 5.88 Å². The van der Waals surface area contributed by atoms with Crippen molar-refractivity contribution in [3.63, 3.8) is 0 Å². The molecule has 66 valence electrons. The average Bonchev–Trinajstić information content (AvgIpc) is 2.52.